The van der Waals surface area contributed by atoms with Gasteiger partial charge in [0.2, 0.25) is 5.91 Å². The lowest BCUT2D eigenvalue weighted by atomic mass is 9.89. The van der Waals surface area contributed by atoms with Crippen LogP contribution in [0.2, 0.25) is 0 Å². The van der Waals surface area contributed by atoms with Crippen LogP contribution in [0.1, 0.15) is 45.4 Å². The van der Waals surface area contributed by atoms with Gasteiger partial charge in [-0.25, -0.2) is 4.98 Å². The van der Waals surface area contributed by atoms with E-state index in [2.05, 4.69) is 10.3 Å². The average Bonchev–Trinajstić information content (AvgIpc) is 2.76. The van der Waals surface area contributed by atoms with Crippen LogP contribution in [0.4, 0.5) is 0 Å². The first-order chi connectivity index (χ1) is 14.2. The zero-order valence-electron chi connectivity index (χ0n) is 17.2. The van der Waals surface area contributed by atoms with E-state index in [1.165, 1.54) is 43.9 Å². The molecule has 0 radical (unpaired) electrons. The number of ether oxygens (including phenoxy) is 1. The standard InChI is InChI=1S/C22H31N3O3S/c1-2-28-14-8-13-25-21(27)18-11-6-7-12-19(18)24-22(25)29-16-20(26)23-15-17-9-4-3-5-10-17/h6-7,11-12,17H,2-5,8-10,13-16H2,1H3,(H,23,26). The molecular weight excluding hydrogens is 386 g/mol. The summed E-state index contributed by atoms with van der Waals surface area (Å²) in [6.07, 6.45) is 7.00. The van der Waals surface area contributed by atoms with Gasteiger partial charge in [0.25, 0.3) is 5.56 Å². The lowest BCUT2D eigenvalue weighted by Crippen LogP contribution is -2.32. The van der Waals surface area contributed by atoms with Gasteiger partial charge < -0.3 is 10.1 Å². The number of amides is 1. The molecule has 0 atom stereocenters. The normalized spacial score (nSPS) is 14.9. The number of hydrogen-bond acceptors (Lipinski definition) is 5. The number of para-hydroxylation sites is 1. The van der Waals surface area contributed by atoms with Gasteiger partial charge in [0.15, 0.2) is 5.16 Å². The zero-order chi connectivity index (χ0) is 20.5. The summed E-state index contributed by atoms with van der Waals surface area (Å²) in [4.78, 5) is 30.0. The maximum Gasteiger partial charge on any atom is 0.262 e. The van der Waals surface area contributed by atoms with Crippen LogP contribution in [0.3, 0.4) is 0 Å². The molecule has 2 aromatic rings. The number of fused-ring (bicyclic) bond motifs is 1. The van der Waals surface area contributed by atoms with Gasteiger partial charge in [-0.1, -0.05) is 43.2 Å². The molecule has 1 aliphatic rings. The summed E-state index contributed by atoms with van der Waals surface area (Å²) in [7, 11) is 0. The van der Waals surface area contributed by atoms with E-state index in [0.717, 1.165) is 13.0 Å². The Balaban J connectivity index is 1.65. The molecule has 1 fully saturated rings. The predicted octanol–water partition coefficient (Wildman–Crippen LogP) is 3.61. The third kappa shape index (κ3) is 6.31. The summed E-state index contributed by atoms with van der Waals surface area (Å²) in [5, 5.41) is 4.26. The predicted molar refractivity (Wildman–Crippen MR) is 117 cm³/mol. The highest BCUT2D eigenvalue weighted by atomic mass is 32.2. The second-order valence-electron chi connectivity index (χ2n) is 7.52. The number of aromatic nitrogens is 2. The van der Waals surface area contributed by atoms with Crippen LogP contribution in [0.25, 0.3) is 10.9 Å². The number of thioether (sulfide) groups is 1. The highest BCUT2D eigenvalue weighted by Gasteiger charge is 2.16. The summed E-state index contributed by atoms with van der Waals surface area (Å²) in [6, 6.07) is 7.37. The minimum absolute atomic E-state index is 0.00356. The molecule has 0 unspecified atom stereocenters. The van der Waals surface area contributed by atoms with E-state index >= 15 is 0 Å². The molecule has 6 nitrogen and oxygen atoms in total. The van der Waals surface area contributed by atoms with Crippen LogP contribution in [0.5, 0.6) is 0 Å². The lowest BCUT2D eigenvalue weighted by molar-refractivity contribution is -0.118. The minimum Gasteiger partial charge on any atom is -0.382 e. The van der Waals surface area contributed by atoms with Gasteiger partial charge in [0.1, 0.15) is 0 Å². The van der Waals surface area contributed by atoms with Crippen LogP contribution < -0.4 is 10.9 Å². The van der Waals surface area contributed by atoms with E-state index in [4.69, 9.17) is 4.74 Å². The lowest BCUT2D eigenvalue weighted by Gasteiger charge is -2.21. The van der Waals surface area contributed by atoms with Crippen molar-refractivity contribution >= 4 is 28.6 Å². The smallest absolute Gasteiger partial charge is 0.262 e. The Morgan fingerprint density at radius 2 is 2.07 bits per heavy atom. The third-order valence-corrected chi connectivity index (χ3v) is 6.32. The molecule has 3 rings (SSSR count). The van der Waals surface area contributed by atoms with E-state index < -0.39 is 0 Å². The van der Waals surface area contributed by atoms with Crippen LogP contribution in [-0.4, -0.2) is 41.0 Å². The molecule has 0 bridgehead atoms. The van der Waals surface area contributed by atoms with Crippen molar-refractivity contribution in [1.82, 2.24) is 14.9 Å². The number of carbonyl (C=O) groups excluding carboxylic acids is 1. The topological polar surface area (TPSA) is 73.2 Å². The fraction of sp³-hybridized carbons (Fsp3) is 0.591. The molecule has 1 aromatic heterocycles. The Hall–Kier alpha value is -1.86. The fourth-order valence-electron chi connectivity index (χ4n) is 3.75. The molecule has 0 saturated heterocycles. The van der Waals surface area contributed by atoms with Crippen molar-refractivity contribution in [3.05, 3.63) is 34.6 Å². The van der Waals surface area contributed by atoms with Crippen LogP contribution in [0, 0.1) is 5.92 Å². The summed E-state index contributed by atoms with van der Waals surface area (Å²) >= 11 is 1.33. The van der Waals surface area contributed by atoms with Gasteiger partial charge in [-0.2, -0.15) is 0 Å². The van der Waals surface area contributed by atoms with Gasteiger partial charge in [0.05, 0.1) is 16.7 Å². The van der Waals surface area contributed by atoms with Crippen molar-refractivity contribution in [2.75, 3.05) is 25.5 Å². The molecule has 1 N–H and O–H groups in total. The second-order valence-corrected chi connectivity index (χ2v) is 8.46. The molecule has 1 aliphatic carbocycles. The molecule has 0 spiro atoms. The summed E-state index contributed by atoms with van der Waals surface area (Å²) in [6.45, 7) is 4.50. The Kier molecular flexibility index (Phi) is 8.55. The average molecular weight is 418 g/mol. The Bertz CT molecular complexity index is 862. The number of nitrogens with one attached hydrogen (secondary N) is 1. The SMILES string of the molecule is CCOCCCn1c(SCC(=O)NCC2CCCCC2)nc2ccccc2c1=O. The number of carbonyl (C=O) groups is 1. The largest absolute Gasteiger partial charge is 0.382 e. The van der Waals surface area contributed by atoms with Crippen molar-refractivity contribution in [2.24, 2.45) is 5.92 Å². The molecule has 7 heteroatoms. The van der Waals surface area contributed by atoms with Gasteiger partial charge in [-0.05, 0) is 44.2 Å². The van der Waals surface area contributed by atoms with Crippen molar-refractivity contribution in [2.45, 2.75) is 57.1 Å². The summed E-state index contributed by atoms with van der Waals surface area (Å²) < 4.78 is 7.08. The molecule has 1 heterocycles. The number of hydrogen-bond donors (Lipinski definition) is 1. The van der Waals surface area contributed by atoms with Gasteiger partial charge in [0, 0.05) is 26.3 Å². The van der Waals surface area contributed by atoms with E-state index in [1.807, 2.05) is 25.1 Å². The number of rotatable bonds is 10. The first-order valence-electron chi connectivity index (χ1n) is 10.7. The highest BCUT2D eigenvalue weighted by Crippen LogP contribution is 2.23. The zero-order valence-corrected chi connectivity index (χ0v) is 18.0. The van der Waals surface area contributed by atoms with Crippen molar-refractivity contribution in [3.63, 3.8) is 0 Å². The maximum absolute atomic E-state index is 13.0. The fourth-order valence-corrected chi connectivity index (χ4v) is 4.61. The first kappa shape index (κ1) is 21.8. The van der Waals surface area contributed by atoms with Crippen molar-refractivity contribution in [1.29, 1.82) is 0 Å². The van der Waals surface area contributed by atoms with Crippen molar-refractivity contribution in [3.8, 4) is 0 Å². The van der Waals surface area contributed by atoms with E-state index in [0.29, 0.717) is 41.7 Å². The van der Waals surface area contributed by atoms with Crippen molar-refractivity contribution < 1.29 is 9.53 Å². The molecule has 158 valence electrons. The quantitative estimate of drug-likeness (QED) is 0.363. The third-order valence-electron chi connectivity index (χ3n) is 5.35. The summed E-state index contributed by atoms with van der Waals surface area (Å²) in [5.41, 5.74) is 0.612. The Morgan fingerprint density at radius 1 is 1.28 bits per heavy atom. The molecule has 1 saturated carbocycles. The van der Waals surface area contributed by atoms with E-state index in [1.54, 1.807) is 10.6 Å². The molecule has 0 aliphatic heterocycles. The van der Waals surface area contributed by atoms with Gasteiger partial charge >= 0.3 is 0 Å². The number of benzene rings is 1. The minimum atomic E-state index is -0.0581. The highest BCUT2D eigenvalue weighted by molar-refractivity contribution is 7.99. The number of nitrogens with zero attached hydrogens (tertiary/aromatic N) is 2. The second kappa shape index (κ2) is 11.4. The summed E-state index contributed by atoms with van der Waals surface area (Å²) in [5.74, 6) is 0.875. The Morgan fingerprint density at radius 3 is 2.86 bits per heavy atom. The van der Waals surface area contributed by atoms with Gasteiger partial charge in [-0.15, -0.1) is 0 Å². The van der Waals surface area contributed by atoms with Gasteiger partial charge in [-0.3, -0.25) is 14.2 Å². The molecule has 29 heavy (non-hydrogen) atoms. The first-order valence-corrected chi connectivity index (χ1v) is 11.6. The van der Waals surface area contributed by atoms with E-state index in [9.17, 15) is 9.59 Å². The maximum atomic E-state index is 13.0. The molecular formula is C22H31N3O3S. The molecule has 1 aromatic carbocycles. The van der Waals surface area contributed by atoms with E-state index in [-0.39, 0.29) is 17.2 Å². The van der Waals surface area contributed by atoms with Crippen LogP contribution >= 0.6 is 11.8 Å². The molecule has 1 amide bonds. The monoisotopic (exact) mass is 417 g/mol. The Labute approximate surface area is 176 Å². The van der Waals surface area contributed by atoms with Crippen LogP contribution in [0.15, 0.2) is 34.2 Å². The van der Waals surface area contributed by atoms with Crippen LogP contribution in [-0.2, 0) is 16.1 Å².